The molecule has 1 aromatic rings. The summed E-state index contributed by atoms with van der Waals surface area (Å²) in [5.41, 5.74) is 4.63. The first-order valence-electron chi connectivity index (χ1n) is 11.3. The Kier molecular flexibility index (Phi) is 6.53. The van der Waals surface area contributed by atoms with Crippen LogP contribution in [0.25, 0.3) is 6.08 Å². The molecule has 180 valence electrons. The predicted octanol–water partition coefficient (Wildman–Crippen LogP) is 4.31. The molecule has 1 saturated carbocycles. The van der Waals surface area contributed by atoms with Crippen LogP contribution in [0.15, 0.2) is 33.3 Å². The van der Waals surface area contributed by atoms with Crippen LogP contribution in [0.5, 0.6) is 5.75 Å². The van der Waals surface area contributed by atoms with Crippen molar-refractivity contribution in [2.45, 2.75) is 59.4 Å². The summed E-state index contributed by atoms with van der Waals surface area (Å²) in [4.78, 5) is 36.2. The first kappa shape index (κ1) is 24.0. The van der Waals surface area contributed by atoms with Gasteiger partial charge in [-0.2, -0.15) is 10.2 Å². The average Bonchev–Trinajstić information content (AvgIpc) is 3.23. The molecule has 1 saturated heterocycles. The Hall–Kier alpha value is -3.14. The van der Waals surface area contributed by atoms with Gasteiger partial charge in [0, 0.05) is 0 Å². The van der Waals surface area contributed by atoms with Gasteiger partial charge in [-0.05, 0) is 79.5 Å². The highest BCUT2D eigenvalue weighted by Gasteiger charge is 2.38. The predicted molar refractivity (Wildman–Crippen MR) is 133 cm³/mol. The molecule has 0 aromatic heterocycles. The fraction of sp³-hybridized carbons (Fsp3) is 0.458. The van der Waals surface area contributed by atoms with Gasteiger partial charge in [0.1, 0.15) is 5.75 Å². The number of phenolic OH excluding ortho intramolecular Hbond substituents is 1. The van der Waals surface area contributed by atoms with Crippen LogP contribution in [0.4, 0.5) is 10.5 Å². The third kappa shape index (κ3) is 5.01. The van der Waals surface area contributed by atoms with Gasteiger partial charge in [0.25, 0.3) is 17.1 Å². The maximum absolute atomic E-state index is 13.0. The van der Waals surface area contributed by atoms with E-state index in [1.165, 1.54) is 12.1 Å². The third-order valence-corrected chi connectivity index (χ3v) is 7.34. The number of hydrogen-bond donors (Lipinski definition) is 3. The van der Waals surface area contributed by atoms with Crippen LogP contribution >= 0.6 is 11.8 Å². The lowest BCUT2D eigenvalue weighted by Gasteiger charge is -2.38. The highest BCUT2D eigenvalue weighted by atomic mass is 32.2. The topological polar surface area (TPSA) is 123 Å². The number of carbonyl (C=O) groups is 3. The summed E-state index contributed by atoms with van der Waals surface area (Å²) in [6.45, 7) is 8.55. The van der Waals surface area contributed by atoms with Crippen molar-refractivity contribution < 1.29 is 19.5 Å². The van der Waals surface area contributed by atoms with E-state index in [0.29, 0.717) is 22.9 Å². The van der Waals surface area contributed by atoms with Gasteiger partial charge in [-0.1, -0.05) is 26.8 Å². The lowest BCUT2D eigenvalue weighted by atomic mass is 9.71. The number of nitrogens with one attached hydrogen (secondary N) is 2. The maximum Gasteiger partial charge on any atom is 0.296 e. The number of thioether (sulfide) groups is 1. The molecule has 0 unspecified atom stereocenters. The van der Waals surface area contributed by atoms with Gasteiger partial charge >= 0.3 is 0 Å². The molecule has 0 atom stereocenters. The van der Waals surface area contributed by atoms with Crippen molar-refractivity contribution >= 4 is 52.0 Å². The minimum Gasteiger partial charge on any atom is -0.506 e. The number of amides is 3. The molecule has 3 aliphatic rings. The lowest BCUT2D eigenvalue weighted by molar-refractivity contribution is -0.126. The molecule has 0 spiro atoms. The van der Waals surface area contributed by atoms with Gasteiger partial charge in [0.2, 0.25) is 0 Å². The SMILES string of the molecule is CC1=NN(C2CCC(C(C)(C)C)CC2)C(=O)/C1=N\Nc1ccc(/C=C2\SC(=O)NC2=O)cc1O. The number of benzene rings is 1. The number of hydrazone groups is 2. The van der Waals surface area contributed by atoms with Crippen LogP contribution in [0.2, 0.25) is 0 Å². The van der Waals surface area contributed by atoms with E-state index >= 15 is 0 Å². The second-order valence-corrected chi connectivity index (χ2v) is 10.9. The molecule has 10 heteroatoms. The molecule has 3 amide bonds. The molecule has 9 nitrogen and oxygen atoms in total. The van der Waals surface area contributed by atoms with Crippen LogP contribution in [0.1, 0.15) is 58.9 Å². The Morgan fingerprint density at radius 2 is 1.91 bits per heavy atom. The van der Waals surface area contributed by atoms with E-state index in [9.17, 15) is 19.5 Å². The molecule has 2 aliphatic heterocycles. The lowest BCUT2D eigenvalue weighted by Crippen LogP contribution is -2.40. The first-order chi connectivity index (χ1) is 16.0. The molecular weight excluding hydrogens is 454 g/mol. The van der Waals surface area contributed by atoms with Crippen molar-refractivity contribution in [2.24, 2.45) is 21.5 Å². The second kappa shape index (κ2) is 9.25. The van der Waals surface area contributed by atoms with E-state index in [1.54, 1.807) is 24.1 Å². The Labute approximate surface area is 202 Å². The Morgan fingerprint density at radius 1 is 1.21 bits per heavy atom. The van der Waals surface area contributed by atoms with E-state index in [1.807, 2.05) is 0 Å². The maximum atomic E-state index is 13.0. The number of imide groups is 1. The van der Waals surface area contributed by atoms with E-state index in [0.717, 1.165) is 37.4 Å². The van der Waals surface area contributed by atoms with E-state index < -0.39 is 11.1 Å². The number of anilines is 1. The van der Waals surface area contributed by atoms with Crippen LogP contribution in [0, 0.1) is 11.3 Å². The number of hydrogen-bond acceptors (Lipinski definition) is 8. The number of carbonyl (C=O) groups excluding carboxylic acids is 3. The van der Waals surface area contributed by atoms with Gasteiger partial charge < -0.3 is 5.11 Å². The van der Waals surface area contributed by atoms with E-state index in [4.69, 9.17) is 0 Å². The highest BCUT2D eigenvalue weighted by molar-refractivity contribution is 8.18. The summed E-state index contributed by atoms with van der Waals surface area (Å²) in [6, 6.07) is 4.78. The smallest absolute Gasteiger partial charge is 0.296 e. The van der Waals surface area contributed by atoms with Crippen molar-refractivity contribution in [3.05, 3.63) is 28.7 Å². The summed E-state index contributed by atoms with van der Waals surface area (Å²) in [5.74, 6) is -0.163. The fourth-order valence-corrected chi connectivity index (χ4v) is 5.18. The monoisotopic (exact) mass is 483 g/mol. The molecule has 1 aromatic carbocycles. The van der Waals surface area contributed by atoms with E-state index in [2.05, 4.69) is 41.7 Å². The Bertz CT molecular complexity index is 1130. The average molecular weight is 484 g/mol. The van der Waals surface area contributed by atoms with Crippen LogP contribution < -0.4 is 10.7 Å². The summed E-state index contributed by atoms with van der Waals surface area (Å²) in [5, 5.41) is 22.4. The quantitative estimate of drug-likeness (QED) is 0.333. The summed E-state index contributed by atoms with van der Waals surface area (Å²) < 4.78 is 0. The van der Waals surface area contributed by atoms with Crippen molar-refractivity contribution in [3.63, 3.8) is 0 Å². The number of aromatic hydroxyl groups is 1. The van der Waals surface area contributed by atoms with Crippen molar-refractivity contribution in [2.75, 3.05) is 5.43 Å². The minimum absolute atomic E-state index is 0.0759. The van der Waals surface area contributed by atoms with Gasteiger partial charge in [-0.15, -0.1) is 0 Å². The second-order valence-electron chi connectivity index (χ2n) is 9.91. The number of phenols is 1. The molecule has 2 heterocycles. The molecule has 2 fully saturated rings. The highest BCUT2D eigenvalue weighted by Crippen LogP contribution is 2.39. The summed E-state index contributed by atoms with van der Waals surface area (Å²) in [6.07, 6.45) is 5.50. The number of rotatable bonds is 4. The molecule has 34 heavy (non-hydrogen) atoms. The Morgan fingerprint density at radius 3 is 2.50 bits per heavy atom. The normalized spacial score (nSPS) is 25.8. The van der Waals surface area contributed by atoms with Gasteiger partial charge in [-0.3, -0.25) is 25.1 Å². The van der Waals surface area contributed by atoms with Gasteiger partial charge in [-0.25, -0.2) is 5.01 Å². The first-order valence-corrected chi connectivity index (χ1v) is 12.2. The largest absolute Gasteiger partial charge is 0.506 e. The zero-order chi connectivity index (χ0) is 24.6. The molecule has 0 bridgehead atoms. The molecule has 4 rings (SSSR count). The molecular formula is C24H29N5O4S. The minimum atomic E-state index is -0.464. The molecule has 1 aliphatic carbocycles. The zero-order valence-electron chi connectivity index (χ0n) is 19.7. The summed E-state index contributed by atoms with van der Waals surface area (Å²) in [7, 11) is 0. The van der Waals surface area contributed by atoms with Crippen LogP contribution in [-0.4, -0.2) is 44.6 Å². The van der Waals surface area contributed by atoms with Crippen molar-refractivity contribution in [3.8, 4) is 5.75 Å². The Balaban J connectivity index is 1.42. The molecule has 3 N–H and O–H groups in total. The fourth-order valence-electron chi connectivity index (χ4n) is 4.50. The van der Waals surface area contributed by atoms with Crippen LogP contribution in [0.3, 0.4) is 0 Å². The van der Waals surface area contributed by atoms with Gasteiger partial charge in [0.15, 0.2) is 5.71 Å². The summed E-state index contributed by atoms with van der Waals surface area (Å²) >= 11 is 0.806. The standard InChI is InChI=1S/C24H29N5O4S/c1-13-20(22(32)29(28-13)16-8-6-15(7-9-16)24(2,3)4)27-26-17-10-5-14(11-18(17)30)12-19-21(31)25-23(33)34-19/h5,10-12,15-16,26,30H,6-9H2,1-4H3,(H,25,31,33)/b19-12-,27-20-. The molecule has 0 radical (unpaired) electrons. The van der Waals surface area contributed by atoms with Crippen molar-refractivity contribution in [1.82, 2.24) is 10.3 Å². The van der Waals surface area contributed by atoms with Gasteiger partial charge in [0.05, 0.1) is 22.3 Å². The van der Waals surface area contributed by atoms with E-state index in [-0.39, 0.29) is 33.7 Å². The van der Waals surface area contributed by atoms with Crippen LogP contribution in [-0.2, 0) is 9.59 Å². The zero-order valence-corrected chi connectivity index (χ0v) is 20.5. The van der Waals surface area contributed by atoms with Crippen molar-refractivity contribution in [1.29, 1.82) is 0 Å². The third-order valence-electron chi connectivity index (χ3n) is 6.53. The number of nitrogens with zero attached hydrogens (tertiary/aromatic N) is 3.